The Hall–Kier alpha value is -4.37. The molecule has 0 aliphatic carbocycles. The molecule has 2 N–H and O–H groups in total. The van der Waals surface area contributed by atoms with Crippen LogP contribution in [-0.4, -0.2) is 37.2 Å². The third-order valence-corrected chi connectivity index (χ3v) is 5.49. The average Bonchev–Trinajstić information content (AvgIpc) is 2.89. The van der Waals surface area contributed by atoms with Crippen molar-refractivity contribution in [1.82, 2.24) is 9.97 Å². The van der Waals surface area contributed by atoms with Crippen molar-refractivity contribution in [2.45, 2.75) is 0 Å². The van der Waals surface area contributed by atoms with Crippen LogP contribution in [-0.2, 0) is 4.79 Å². The number of ether oxygens (including phenoxy) is 3. The molecular formula is C26H22ClFN4O4. The van der Waals surface area contributed by atoms with Crippen molar-refractivity contribution in [3.05, 3.63) is 77.3 Å². The number of carbonyl (C=O) groups excluding carboxylic acids is 1. The maximum absolute atomic E-state index is 13.5. The first kappa shape index (κ1) is 24.7. The number of rotatable bonds is 8. The zero-order chi connectivity index (χ0) is 25.7. The molecule has 3 aromatic carbocycles. The van der Waals surface area contributed by atoms with Crippen LogP contribution in [0.4, 0.5) is 21.6 Å². The molecule has 4 aromatic rings. The van der Waals surface area contributed by atoms with E-state index in [0.29, 0.717) is 45.3 Å². The molecular weight excluding hydrogens is 487 g/mol. The monoisotopic (exact) mass is 508 g/mol. The van der Waals surface area contributed by atoms with Gasteiger partial charge in [0.1, 0.15) is 35.2 Å². The number of anilines is 3. The third kappa shape index (κ3) is 5.64. The molecule has 0 bridgehead atoms. The normalized spacial score (nSPS) is 10.9. The number of halogens is 2. The number of nitrogens with zero attached hydrogens (tertiary/aromatic N) is 2. The smallest absolute Gasteiger partial charge is 0.248 e. The summed E-state index contributed by atoms with van der Waals surface area (Å²) in [4.78, 5) is 21.3. The minimum atomic E-state index is -0.523. The van der Waals surface area contributed by atoms with Crippen LogP contribution >= 0.6 is 11.6 Å². The molecule has 0 fully saturated rings. The summed E-state index contributed by atoms with van der Waals surface area (Å²) in [6.45, 7) is 0. The maximum atomic E-state index is 13.5. The van der Waals surface area contributed by atoms with Gasteiger partial charge in [0.05, 0.1) is 37.6 Å². The summed E-state index contributed by atoms with van der Waals surface area (Å²) >= 11 is 5.90. The van der Waals surface area contributed by atoms with Crippen LogP contribution in [0.15, 0.2) is 60.9 Å². The van der Waals surface area contributed by atoms with Gasteiger partial charge in [0.25, 0.3) is 0 Å². The van der Waals surface area contributed by atoms with E-state index >= 15 is 0 Å². The van der Waals surface area contributed by atoms with Crippen LogP contribution in [0.2, 0.25) is 5.02 Å². The van der Waals surface area contributed by atoms with Crippen LogP contribution in [0.1, 0.15) is 5.56 Å². The lowest BCUT2D eigenvalue weighted by Crippen LogP contribution is -2.09. The number of carbonyl (C=O) groups is 1. The van der Waals surface area contributed by atoms with Gasteiger partial charge < -0.3 is 24.8 Å². The third-order valence-electron chi connectivity index (χ3n) is 5.20. The molecule has 1 amide bonds. The Kier molecular flexibility index (Phi) is 7.50. The van der Waals surface area contributed by atoms with Crippen molar-refractivity contribution in [2.24, 2.45) is 0 Å². The zero-order valence-corrected chi connectivity index (χ0v) is 20.4. The fraction of sp³-hybridized carbons (Fsp3) is 0.115. The van der Waals surface area contributed by atoms with Crippen LogP contribution in [0.3, 0.4) is 0 Å². The van der Waals surface area contributed by atoms with E-state index in [0.717, 1.165) is 5.56 Å². The molecule has 36 heavy (non-hydrogen) atoms. The SMILES string of the molecule is COc1cc(/C=C/C(=O)Nc2cc3c(Nc4ccc(F)c(Cl)c4)ncnc3cc2OC)cc(OC)c1. The van der Waals surface area contributed by atoms with Gasteiger partial charge in [-0.25, -0.2) is 14.4 Å². The highest BCUT2D eigenvalue weighted by Crippen LogP contribution is 2.33. The summed E-state index contributed by atoms with van der Waals surface area (Å²) in [6, 6.07) is 12.9. The lowest BCUT2D eigenvalue weighted by atomic mass is 10.1. The predicted molar refractivity (Wildman–Crippen MR) is 138 cm³/mol. The van der Waals surface area contributed by atoms with Gasteiger partial charge in [-0.2, -0.15) is 0 Å². The Morgan fingerprint density at radius 3 is 2.39 bits per heavy atom. The molecule has 184 valence electrons. The van der Waals surface area contributed by atoms with Gasteiger partial charge in [-0.15, -0.1) is 0 Å². The van der Waals surface area contributed by atoms with Gasteiger partial charge >= 0.3 is 0 Å². The molecule has 0 aliphatic heterocycles. The number of nitrogens with one attached hydrogen (secondary N) is 2. The largest absolute Gasteiger partial charge is 0.497 e. The van der Waals surface area contributed by atoms with Crippen molar-refractivity contribution in [3.63, 3.8) is 0 Å². The molecule has 8 nitrogen and oxygen atoms in total. The standard InChI is InChI=1S/C26H22ClFN4O4/c1-34-17-8-15(9-18(11-17)35-2)4-7-25(33)32-23-12-19-22(13-24(23)36-3)29-14-30-26(19)31-16-5-6-21(28)20(27)10-16/h4-14H,1-3H3,(H,32,33)(H,29,30,31)/b7-4+. The minimum Gasteiger partial charge on any atom is -0.497 e. The van der Waals surface area contributed by atoms with Gasteiger partial charge in [0.15, 0.2) is 0 Å². The number of hydrogen-bond donors (Lipinski definition) is 2. The quantitative estimate of drug-likeness (QED) is 0.288. The summed E-state index contributed by atoms with van der Waals surface area (Å²) in [7, 11) is 4.60. The van der Waals surface area contributed by atoms with E-state index in [1.807, 2.05) is 0 Å². The summed E-state index contributed by atoms with van der Waals surface area (Å²) in [5.74, 6) is 1.17. The van der Waals surface area contributed by atoms with E-state index in [1.54, 1.807) is 56.7 Å². The second kappa shape index (κ2) is 10.9. The molecule has 0 atom stereocenters. The van der Waals surface area contributed by atoms with Crippen LogP contribution in [0.5, 0.6) is 17.2 Å². The summed E-state index contributed by atoms with van der Waals surface area (Å²) < 4.78 is 29.5. The second-order valence-electron chi connectivity index (χ2n) is 7.51. The molecule has 0 saturated carbocycles. The molecule has 1 heterocycles. The zero-order valence-electron chi connectivity index (χ0n) is 19.6. The number of amides is 1. The molecule has 4 rings (SSSR count). The van der Waals surface area contributed by atoms with E-state index in [1.165, 1.54) is 31.6 Å². The molecule has 0 radical (unpaired) electrons. The molecule has 0 saturated heterocycles. The van der Waals surface area contributed by atoms with Crippen molar-refractivity contribution >= 4 is 51.7 Å². The Morgan fingerprint density at radius 1 is 0.972 bits per heavy atom. The van der Waals surface area contributed by atoms with Gasteiger partial charge in [0.2, 0.25) is 5.91 Å². The number of aromatic nitrogens is 2. The number of hydrogen-bond acceptors (Lipinski definition) is 7. The lowest BCUT2D eigenvalue weighted by Gasteiger charge is -2.13. The van der Waals surface area contributed by atoms with Crippen LogP contribution in [0, 0.1) is 5.82 Å². The van der Waals surface area contributed by atoms with E-state index in [-0.39, 0.29) is 10.9 Å². The number of methoxy groups -OCH3 is 3. The molecule has 0 spiro atoms. The Labute approximate surface area is 211 Å². The summed E-state index contributed by atoms with van der Waals surface area (Å²) in [5, 5.41) is 6.52. The maximum Gasteiger partial charge on any atom is 0.248 e. The van der Waals surface area contributed by atoms with Crippen molar-refractivity contribution in [2.75, 3.05) is 32.0 Å². The molecule has 1 aromatic heterocycles. The van der Waals surface area contributed by atoms with Crippen LogP contribution < -0.4 is 24.8 Å². The minimum absolute atomic E-state index is 0.0200. The first-order valence-corrected chi connectivity index (χ1v) is 11.0. The molecule has 0 aliphatic rings. The highest BCUT2D eigenvalue weighted by Gasteiger charge is 2.13. The lowest BCUT2D eigenvalue weighted by molar-refractivity contribution is -0.111. The first-order valence-electron chi connectivity index (χ1n) is 10.7. The van der Waals surface area contributed by atoms with Crippen LogP contribution in [0.25, 0.3) is 17.0 Å². The molecule has 10 heteroatoms. The number of benzene rings is 3. The first-order chi connectivity index (χ1) is 17.4. The van der Waals surface area contributed by atoms with E-state index in [2.05, 4.69) is 20.6 Å². The van der Waals surface area contributed by atoms with Crippen molar-refractivity contribution in [3.8, 4) is 17.2 Å². The van der Waals surface area contributed by atoms with Gasteiger partial charge in [0, 0.05) is 29.3 Å². The Morgan fingerprint density at radius 2 is 1.72 bits per heavy atom. The number of fused-ring (bicyclic) bond motifs is 1. The van der Waals surface area contributed by atoms with Crippen molar-refractivity contribution < 1.29 is 23.4 Å². The average molecular weight is 509 g/mol. The highest BCUT2D eigenvalue weighted by atomic mass is 35.5. The fourth-order valence-corrected chi connectivity index (χ4v) is 3.61. The second-order valence-corrected chi connectivity index (χ2v) is 7.92. The Balaban J connectivity index is 1.62. The van der Waals surface area contributed by atoms with Crippen molar-refractivity contribution in [1.29, 1.82) is 0 Å². The van der Waals surface area contributed by atoms with Gasteiger partial charge in [-0.05, 0) is 48.0 Å². The van der Waals surface area contributed by atoms with E-state index < -0.39 is 5.82 Å². The van der Waals surface area contributed by atoms with Gasteiger partial charge in [-0.3, -0.25) is 4.79 Å². The fourth-order valence-electron chi connectivity index (χ4n) is 3.43. The van der Waals surface area contributed by atoms with Gasteiger partial charge in [-0.1, -0.05) is 11.6 Å². The summed E-state index contributed by atoms with van der Waals surface area (Å²) in [5.41, 5.74) is 2.26. The van der Waals surface area contributed by atoms with E-state index in [4.69, 9.17) is 25.8 Å². The Bertz CT molecular complexity index is 1440. The predicted octanol–water partition coefficient (Wildman–Crippen LogP) is 5.84. The summed E-state index contributed by atoms with van der Waals surface area (Å²) in [6.07, 6.45) is 4.42. The topological polar surface area (TPSA) is 94.6 Å². The molecule has 0 unspecified atom stereocenters. The van der Waals surface area contributed by atoms with E-state index in [9.17, 15) is 9.18 Å². The highest BCUT2D eigenvalue weighted by molar-refractivity contribution is 6.31.